The van der Waals surface area contributed by atoms with E-state index in [1.54, 1.807) is 48.9 Å². The molecule has 11 aromatic rings. The molecule has 0 aliphatic carbocycles. The van der Waals surface area contributed by atoms with E-state index in [2.05, 4.69) is 55.2 Å². The van der Waals surface area contributed by atoms with Crippen molar-refractivity contribution in [2.75, 3.05) is 25.7 Å². The minimum atomic E-state index is -1.21. The molecular formula is C69H60Cl3LiN12O11. The summed E-state index contributed by atoms with van der Waals surface area (Å²) in [7, 11) is 2.49. The van der Waals surface area contributed by atoms with Crippen molar-refractivity contribution in [1.82, 2.24) is 50.5 Å². The van der Waals surface area contributed by atoms with E-state index in [1.165, 1.54) is 38.5 Å². The van der Waals surface area contributed by atoms with Gasteiger partial charge in [-0.15, -0.1) is 0 Å². The number of carboxylic acid groups (broad SMARTS) is 2. The predicted octanol–water partition coefficient (Wildman–Crippen LogP) is 8.47. The predicted molar refractivity (Wildman–Crippen MR) is 359 cm³/mol. The summed E-state index contributed by atoms with van der Waals surface area (Å²) in [6.45, 7) is 7.99. The number of nitrogens with zero attached hydrogens (tertiary/aromatic N) is 8. The summed E-state index contributed by atoms with van der Waals surface area (Å²) in [5, 5.41) is 28.7. The molecule has 9 N–H and O–H groups in total. The summed E-state index contributed by atoms with van der Waals surface area (Å²) in [5.41, 5.74) is 23.5. The molecule has 0 bridgehead atoms. The zero-order chi connectivity index (χ0) is 67.5. The van der Waals surface area contributed by atoms with Gasteiger partial charge in [-0.25, -0.2) is 44.1 Å². The maximum atomic E-state index is 13.0. The summed E-state index contributed by atoms with van der Waals surface area (Å²) in [6.07, 6.45) is 5.84. The second kappa shape index (κ2) is 32.6. The van der Waals surface area contributed by atoms with Crippen molar-refractivity contribution >= 4 is 115 Å². The van der Waals surface area contributed by atoms with Gasteiger partial charge in [0.25, 0.3) is 11.8 Å². The molecule has 0 aliphatic rings. The number of hydrogen-bond donors (Lipinski definition) is 6. The summed E-state index contributed by atoms with van der Waals surface area (Å²) in [6, 6.07) is 34.6. The van der Waals surface area contributed by atoms with Crippen molar-refractivity contribution in [2.24, 2.45) is 0 Å². The second-order valence-corrected chi connectivity index (χ2v) is 22.9. The van der Waals surface area contributed by atoms with E-state index in [0.717, 1.165) is 83.0 Å². The summed E-state index contributed by atoms with van der Waals surface area (Å²) in [4.78, 5) is 107. The van der Waals surface area contributed by atoms with Crippen LogP contribution in [-0.2, 0) is 41.8 Å². The van der Waals surface area contributed by atoms with E-state index in [0.29, 0.717) is 68.6 Å². The van der Waals surface area contributed by atoms with Gasteiger partial charge in [-0.2, -0.15) is 0 Å². The molecule has 0 spiro atoms. The molecule has 484 valence electrons. The van der Waals surface area contributed by atoms with Gasteiger partial charge in [0.2, 0.25) is 0 Å². The molecule has 0 unspecified atom stereocenters. The van der Waals surface area contributed by atoms with Crippen LogP contribution in [0.4, 0.5) is 11.6 Å². The van der Waals surface area contributed by atoms with Crippen LogP contribution >= 0.6 is 34.8 Å². The molecule has 3 aromatic carbocycles. The number of anilines is 2. The maximum Gasteiger partial charge on any atom is 1.00 e. The van der Waals surface area contributed by atoms with Gasteiger partial charge in [0.05, 0.1) is 51.4 Å². The van der Waals surface area contributed by atoms with Crippen molar-refractivity contribution in [2.45, 2.75) is 60.0 Å². The van der Waals surface area contributed by atoms with Crippen molar-refractivity contribution in [3.05, 3.63) is 256 Å². The van der Waals surface area contributed by atoms with E-state index < -0.39 is 29.8 Å². The van der Waals surface area contributed by atoms with Crippen molar-refractivity contribution in [1.29, 1.82) is 0 Å². The average molecular weight is 1350 g/mol. The molecule has 8 aromatic heterocycles. The summed E-state index contributed by atoms with van der Waals surface area (Å²) >= 11 is 18.1. The smallest absolute Gasteiger partial charge is 0.870 e. The first kappa shape index (κ1) is 72.9. The van der Waals surface area contributed by atoms with Gasteiger partial charge in [0, 0.05) is 107 Å². The number of nitrogen functional groups attached to an aromatic ring is 2. The number of aryl methyl sites for hydroxylation is 4. The Morgan fingerprint density at radius 3 is 1.11 bits per heavy atom. The molecule has 8 heterocycles. The number of halogens is 3. The third-order valence-electron chi connectivity index (χ3n) is 14.7. The summed E-state index contributed by atoms with van der Waals surface area (Å²) in [5.74, 6) is -3.54. The van der Waals surface area contributed by atoms with Gasteiger partial charge < -0.3 is 47.3 Å². The molecule has 96 heavy (non-hydrogen) atoms. The number of ether oxygens (including phenoxy) is 2. The minimum absolute atomic E-state index is 0. The number of esters is 2. The SMILES string of the molecule is COC(=O)c1cc(C(=O)NCc2c(C)cc(N)nc2C)cc(Cc2ccc3ncc(Cl)cc3c2)n1.COC(=O)c1cc(C(=O)O)cc(Cc2ccc3ncc(Cl)cc3c2)n1.Cc1cc(N)nc(C)c1CNC(=O)c1cc(Cc2ccc3ncc(Cl)cc3c2)nc(C(=O)O)c1.[Li+].[OH-]. The van der Waals surface area contributed by atoms with Gasteiger partial charge in [-0.1, -0.05) is 53.0 Å². The Balaban J connectivity index is 0.000000204. The molecule has 0 radical (unpaired) electrons. The quantitative estimate of drug-likeness (QED) is 0.0390. The van der Waals surface area contributed by atoms with Crippen LogP contribution in [0.15, 0.2) is 140 Å². The Morgan fingerprint density at radius 1 is 0.448 bits per heavy atom. The van der Waals surface area contributed by atoms with Crippen LogP contribution in [0.3, 0.4) is 0 Å². The number of aromatic nitrogens is 8. The fourth-order valence-electron chi connectivity index (χ4n) is 10.2. The number of carbonyl (C=O) groups excluding carboxylic acids is 4. The zero-order valence-electron chi connectivity index (χ0n) is 52.8. The van der Waals surface area contributed by atoms with Gasteiger partial charge in [-0.3, -0.25) is 24.5 Å². The van der Waals surface area contributed by atoms with Crippen molar-refractivity contribution in [3.63, 3.8) is 0 Å². The Labute approximate surface area is 576 Å². The third kappa shape index (κ3) is 18.9. The number of nitrogens with two attached hydrogens (primary N) is 2. The van der Waals surface area contributed by atoms with Crippen LogP contribution in [0.2, 0.25) is 15.1 Å². The average Bonchev–Trinajstić information content (AvgIpc) is 0.855. The van der Waals surface area contributed by atoms with Crippen molar-refractivity contribution in [3.8, 4) is 0 Å². The number of nitrogens with one attached hydrogen (secondary N) is 2. The van der Waals surface area contributed by atoms with Gasteiger partial charge in [0.1, 0.15) is 28.7 Å². The van der Waals surface area contributed by atoms with Crippen LogP contribution in [0.25, 0.3) is 32.7 Å². The Morgan fingerprint density at radius 2 is 0.781 bits per heavy atom. The van der Waals surface area contributed by atoms with Gasteiger partial charge in [-0.05, 0) is 170 Å². The second-order valence-electron chi connectivity index (χ2n) is 21.6. The van der Waals surface area contributed by atoms with Crippen LogP contribution in [0.1, 0.15) is 130 Å². The van der Waals surface area contributed by atoms with E-state index >= 15 is 0 Å². The van der Waals surface area contributed by atoms with Crippen LogP contribution < -0.4 is 41.0 Å². The van der Waals surface area contributed by atoms with E-state index in [-0.39, 0.29) is 71.5 Å². The number of carbonyl (C=O) groups is 6. The number of rotatable bonds is 16. The first-order chi connectivity index (χ1) is 44.9. The molecule has 0 atom stereocenters. The topological polar surface area (TPSA) is 371 Å². The van der Waals surface area contributed by atoms with Crippen LogP contribution in [-0.4, -0.2) is 105 Å². The normalized spacial score (nSPS) is 10.6. The number of fused-ring (bicyclic) bond motifs is 3. The first-order valence-corrected chi connectivity index (χ1v) is 29.8. The molecular weight excluding hydrogens is 1290 g/mol. The fraction of sp³-hybridized carbons (Fsp3) is 0.159. The number of amides is 2. The van der Waals surface area contributed by atoms with Crippen LogP contribution in [0.5, 0.6) is 0 Å². The molecule has 11 rings (SSSR count). The fourth-order valence-corrected chi connectivity index (χ4v) is 10.7. The number of pyridine rings is 8. The molecule has 0 saturated carbocycles. The third-order valence-corrected chi connectivity index (χ3v) is 15.3. The Bertz CT molecular complexity index is 4790. The number of methoxy groups -OCH3 is 2. The first-order valence-electron chi connectivity index (χ1n) is 28.7. The van der Waals surface area contributed by atoms with Gasteiger partial charge in [0.15, 0.2) is 0 Å². The number of aromatic carboxylic acids is 2. The molecule has 2 amide bonds. The van der Waals surface area contributed by atoms with Gasteiger partial charge >= 0.3 is 42.7 Å². The molecule has 0 aliphatic heterocycles. The standard InChI is InChI=1S/C26H24ClN5O3.C25H22ClN5O3.C18H13ClN2O4.Li.H2O/c1-14-6-24(28)31-15(2)21(14)13-30-25(33)18-10-20(32-23(11-18)26(34)35-3)8-16-4-5-22-17(7-16)9-19(27)12-29-22;1-13-5-23(27)30-14(2)20(13)12-29-24(32)17-9-19(31-22(10-17)25(33)34)7-15-3-4-21-16(6-15)8-18(26)11-28-21;1-25-18(24)16-8-12(17(22)23)7-14(21-16)5-10-2-3-15-11(4-10)6-13(19)9-20-15;;/h4-7,9-12H,8,13H2,1-3H3,(H2,28,31)(H,30,33);3-6,8-11H,7,12H2,1-2H3,(H2,27,30)(H,29,32)(H,33,34);2-4,6-9H,5H2,1H3,(H,22,23);;1H2/q;;;+1;/p-1. The number of carboxylic acids is 2. The minimum Gasteiger partial charge on any atom is -0.870 e. The molecule has 27 heteroatoms. The van der Waals surface area contributed by atoms with Crippen LogP contribution in [0, 0.1) is 27.7 Å². The monoisotopic (exact) mass is 1340 g/mol. The molecule has 23 nitrogen and oxygen atoms in total. The van der Waals surface area contributed by atoms with Crippen molar-refractivity contribution < 1.29 is 72.8 Å². The summed E-state index contributed by atoms with van der Waals surface area (Å²) < 4.78 is 9.47. The molecule has 0 saturated heterocycles. The Kier molecular flexibility index (Phi) is 24.7. The Hall–Kier alpha value is -10.5. The molecule has 0 fully saturated rings. The van der Waals surface area contributed by atoms with E-state index in [4.69, 9.17) is 51.0 Å². The zero-order valence-corrected chi connectivity index (χ0v) is 55.1. The number of hydrogen-bond acceptors (Lipinski definition) is 19. The number of benzene rings is 3. The maximum absolute atomic E-state index is 13.0. The largest absolute Gasteiger partial charge is 1.00 e. The van der Waals surface area contributed by atoms with E-state index in [9.17, 15) is 39.0 Å². The van der Waals surface area contributed by atoms with E-state index in [1.807, 2.05) is 94.4 Å².